The van der Waals surface area contributed by atoms with E-state index in [1.807, 2.05) is 0 Å². The predicted molar refractivity (Wildman–Crippen MR) is 40.7 cm³/mol. The maximum absolute atomic E-state index is 10.5. The Bertz CT molecular complexity index is 136. The first-order valence-electron chi connectivity index (χ1n) is 4.42. The number of hydrogen-bond donors (Lipinski definition) is 0. The Kier molecular flexibility index (Phi) is 2.92. The van der Waals surface area contributed by atoms with Crippen molar-refractivity contribution in [1.29, 1.82) is 0 Å². The van der Waals surface area contributed by atoms with Crippen molar-refractivity contribution in [3.05, 3.63) is 0 Å². The molecule has 1 aliphatic rings. The Labute approximate surface area is 67.6 Å². The zero-order valence-electron chi connectivity index (χ0n) is 7.01. The van der Waals surface area contributed by atoms with Crippen LogP contribution < -0.4 is 5.11 Å². The summed E-state index contributed by atoms with van der Waals surface area (Å²) >= 11 is 0. The lowest BCUT2D eigenvalue weighted by atomic mass is 9.81. The summed E-state index contributed by atoms with van der Waals surface area (Å²) in [5.74, 6) is -0.735. The molecule has 0 N–H and O–H groups in total. The number of carboxylic acids is 1. The third kappa shape index (κ3) is 2.21. The minimum atomic E-state index is -0.878. The van der Waals surface area contributed by atoms with Crippen molar-refractivity contribution in [1.82, 2.24) is 0 Å². The molecule has 1 atom stereocenters. The topological polar surface area (TPSA) is 40.1 Å². The van der Waals surface area contributed by atoms with Crippen molar-refractivity contribution in [2.75, 3.05) is 0 Å². The van der Waals surface area contributed by atoms with Gasteiger partial charge in [-0.05, 0) is 24.7 Å². The van der Waals surface area contributed by atoms with Crippen LogP contribution in [0.4, 0.5) is 0 Å². The van der Waals surface area contributed by atoms with E-state index in [4.69, 9.17) is 0 Å². The normalized spacial score (nSPS) is 23.0. The summed E-state index contributed by atoms with van der Waals surface area (Å²) in [6.45, 7) is 1.77. The Hall–Kier alpha value is -0.530. The molecule has 0 bridgehead atoms. The summed E-state index contributed by atoms with van der Waals surface area (Å²) in [7, 11) is 0. The van der Waals surface area contributed by atoms with E-state index in [1.165, 1.54) is 19.3 Å². The van der Waals surface area contributed by atoms with E-state index >= 15 is 0 Å². The summed E-state index contributed by atoms with van der Waals surface area (Å²) in [6, 6.07) is 0. The number of carbonyl (C=O) groups is 1. The maximum Gasteiger partial charge on any atom is 0.0445 e. The third-order valence-corrected chi connectivity index (χ3v) is 2.73. The lowest BCUT2D eigenvalue weighted by Gasteiger charge is -2.27. The number of rotatable bonds is 2. The quantitative estimate of drug-likeness (QED) is 0.595. The van der Waals surface area contributed by atoms with Gasteiger partial charge >= 0.3 is 0 Å². The second-order valence-electron chi connectivity index (χ2n) is 3.51. The third-order valence-electron chi connectivity index (χ3n) is 2.73. The summed E-state index contributed by atoms with van der Waals surface area (Å²) in [6.07, 6.45) is 5.82. The van der Waals surface area contributed by atoms with Gasteiger partial charge in [0.05, 0.1) is 0 Å². The van der Waals surface area contributed by atoms with Crippen molar-refractivity contribution in [3.8, 4) is 0 Å². The lowest BCUT2D eigenvalue weighted by molar-refractivity contribution is -0.312. The number of hydrogen-bond acceptors (Lipinski definition) is 2. The zero-order valence-corrected chi connectivity index (χ0v) is 7.01. The molecule has 0 heterocycles. The number of carboxylic acid groups (broad SMARTS) is 1. The fourth-order valence-electron chi connectivity index (χ4n) is 1.83. The summed E-state index contributed by atoms with van der Waals surface area (Å²) in [5.41, 5.74) is 0. The maximum atomic E-state index is 10.5. The number of carbonyl (C=O) groups excluding carboxylic acids is 1. The molecule has 0 amide bonds. The summed E-state index contributed by atoms with van der Waals surface area (Å²) in [5, 5.41) is 10.5. The molecule has 0 aliphatic heterocycles. The molecule has 11 heavy (non-hydrogen) atoms. The second kappa shape index (κ2) is 3.74. The van der Waals surface area contributed by atoms with Crippen LogP contribution in [0.25, 0.3) is 0 Å². The van der Waals surface area contributed by atoms with E-state index in [-0.39, 0.29) is 5.92 Å². The fraction of sp³-hybridized carbons (Fsp3) is 0.889. The van der Waals surface area contributed by atoms with Crippen LogP contribution in [-0.4, -0.2) is 5.97 Å². The first kappa shape index (κ1) is 8.57. The van der Waals surface area contributed by atoms with Crippen molar-refractivity contribution >= 4 is 5.97 Å². The SMILES string of the molecule is CC(C(=O)[O-])C1CCCCC1. The van der Waals surface area contributed by atoms with Crippen LogP contribution in [0.2, 0.25) is 0 Å². The molecule has 1 aliphatic carbocycles. The Morgan fingerprint density at radius 1 is 1.36 bits per heavy atom. The van der Waals surface area contributed by atoms with Crippen molar-refractivity contribution in [3.63, 3.8) is 0 Å². The molecule has 1 rings (SSSR count). The van der Waals surface area contributed by atoms with Gasteiger partial charge in [0.15, 0.2) is 0 Å². The van der Waals surface area contributed by atoms with Crippen LogP contribution in [0.1, 0.15) is 39.0 Å². The van der Waals surface area contributed by atoms with Crippen LogP contribution in [-0.2, 0) is 4.79 Å². The van der Waals surface area contributed by atoms with E-state index in [9.17, 15) is 9.90 Å². The van der Waals surface area contributed by atoms with Gasteiger partial charge in [0.1, 0.15) is 0 Å². The van der Waals surface area contributed by atoms with Gasteiger partial charge in [-0.15, -0.1) is 0 Å². The van der Waals surface area contributed by atoms with Gasteiger partial charge in [-0.3, -0.25) is 0 Å². The first-order chi connectivity index (χ1) is 5.22. The molecule has 2 heteroatoms. The van der Waals surface area contributed by atoms with Gasteiger partial charge in [-0.1, -0.05) is 26.2 Å². The van der Waals surface area contributed by atoms with Gasteiger partial charge in [0, 0.05) is 5.97 Å². The van der Waals surface area contributed by atoms with E-state index in [0.717, 1.165) is 12.8 Å². The van der Waals surface area contributed by atoms with E-state index in [1.54, 1.807) is 6.92 Å². The molecule has 1 saturated carbocycles. The molecule has 2 nitrogen and oxygen atoms in total. The smallest absolute Gasteiger partial charge is 0.0445 e. The number of aliphatic carboxylic acids is 1. The Morgan fingerprint density at radius 2 is 1.91 bits per heavy atom. The Morgan fingerprint density at radius 3 is 2.36 bits per heavy atom. The highest BCUT2D eigenvalue weighted by molar-refractivity contribution is 5.67. The minimum Gasteiger partial charge on any atom is -0.550 e. The van der Waals surface area contributed by atoms with Crippen molar-refractivity contribution in [2.24, 2.45) is 11.8 Å². The summed E-state index contributed by atoms with van der Waals surface area (Å²) < 4.78 is 0. The molecule has 0 aromatic carbocycles. The predicted octanol–water partition coefficient (Wildman–Crippen LogP) is 0.953. The standard InChI is InChI=1S/C9H16O2/c1-7(9(10)11)8-5-3-2-4-6-8/h7-8H,2-6H2,1H3,(H,10,11)/p-1. The highest BCUT2D eigenvalue weighted by atomic mass is 16.4. The van der Waals surface area contributed by atoms with Gasteiger partial charge in [-0.25, -0.2) is 0 Å². The molecule has 0 spiro atoms. The molecule has 0 aromatic rings. The average molecular weight is 155 g/mol. The average Bonchev–Trinajstić information content (AvgIpc) is 2.05. The molecule has 1 unspecified atom stereocenters. The first-order valence-corrected chi connectivity index (χ1v) is 4.42. The van der Waals surface area contributed by atoms with Crippen LogP contribution in [0.15, 0.2) is 0 Å². The van der Waals surface area contributed by atoms with Gasteiger partial charge in [0.25, 0.3) is 0 Å². The molecule has 64 valence electrons. The Balaban J connectivity index is 2.38. The fourth-order valence-corrected chi connectivity index (χ4v) is 1.83. The molecule has 0 radical (unpaired) electrons. The van der Waals surface area contributed by atoms with Gasteiger partial charge in [-0.2, -0.15) is 0 Å². The van der Waals surface area contributed by atoms with E-state index in [2.05, 4.69) is 0 Å². The summed E-state index contributed by atoms with van der Waals surface area (Å²) in [4.78, 5) is 10.5. The molecular formula is C9H15O2-. The monoisotopic (exact) mass is 155 g/mol. The largest absolute Gasteiger partial charge is 0.550 e. The van der Waals surface area contributed by atoms with Crippen molar-refractivity contribution < 1.29 is 9.90 Å². The van der Waals surface area contributed by atoms with Gasteiger partial charge in [0.2, 0.25) is 0 Å². The van der Waals surface area contributed by atoms with Crippen LogP contribution in [0.3, 0.4) is 0 Å². The van der Waals surface area contributed by atoms with E-state index < -0.39 is 5.97 Å². The minimum absolute atomic E-state index is 0.240. The second-order valence-corrected chi connectivity index (χ2v) is 3.51. The van der Waals surface area contributed by atoms with Crippen molar-refractivity contribution in [2.45, 2.75) is 39.0 Å². The highest BCUT2D eigenvalue weighted by Gasteiger charge is 2.20. The highest BCUT2D eigenvalue weighted by Crippen LogP contribution is 2.29. The molecular weight excluding hydrogens is 140 g/mol. The van der Waals surface area contributed by atoms with Crippen LogP contribution >= 0.6 is 0 Å². The molecule has 0 saturated heterocycles. The van der Waals surface area contributed by atoms with Crippen LogP contribution in [0, 0.1) is 11.8 Å². The zero-order chi connectivity index (χ0) is 8.27. The molecule has 1 fully saturated rings. The van der Waals surface area contributed by atoms with Crippen LogP contribution in [0.5, 0.6) is 0 Å². The lowest BCUT2D eigenvalue weighted by Crippen LogP contribution is -2.34. The van der Waals surface area contributed by atoms with Gasteiger partial charge < -0.3 is 9.90 Å². The van der Waals surface area contributed by atoms with E-state index in [0.29, 0.717) is 5.92 Å². The molecule has 0 aromatic heterocycles.